The summed E-state index contributed by atoms with van der Waals surface area (Å²) in [4.78, 5) is 32.4. The number of aromatic nitrogens is 4. The maximum absolute atomic E-state index is 12.8. The van der Waals surface area contributed by atoms with Crippen LogP contribution in [0.15, 0.2) is 55.0 Å². The fourth-order valence-electron chi connectivity index (χ4n) is 3.48. The van der Waals surface area contributed by atoms with Gasteiger partial charge in [0, 0.05) is 56.3 Å². The van der Waals surface area contributed by atoms with Crippen LogP contribution < -0.4 is 5.32 Å². The van der Waals surface area contributed by atoms with E-state index in [1.807, 2.05) is 42.3 Å². The fraction of sp³-hybridized carbons (Fsp3) is 0.286. The molecule has 0 spiro atoms. The molecule has 0 aliphatic carbocycles. The molecule has 142 valence electrons. The number of amides is 1. The SMILES string of the molecule is CNc1cc(C2CCCN(C(=O)c3ccccn3)C2)nc(-c2cccnc2)n1. The lowest BCUT2D eigenvalue weighted by Gasteiger charge is -2.32. The fourth-order valence-corrected chi connectivity index (χ4v) is 3.48. The van der Waals surface area contributed by atoms with E-state index in [0.717, 1.165) is 36.5 Å². The van der Waals surface area contributed by atoms with Gasteiger partial charge < -0.3 is 10.2 Å². The second-order valence-electron chi connectivity index (χ2n) is 6.80. The molecule has 7 heteroatoms. The molecule has 1 atom stereocenters. The van der Waals surface area contributed by atoms with E-state index < -0.39 is 0 Å². The number of nitrogens with zero attached hydrogens (tertiary/aromatic N) is 5. The Bertz CT molecular complexity index is 948. The molecule has 3 aromatic rings. The lowest BCUT2D eigenvalue weighted by molar-refractivity contribution is 0.0700. The van der Waals surface area contributed by atoms with E-state index in [4.69, 9.17) is 4.98 Å². The van der Waals surface area contributed by atoms with E-state index in [1.165, 1.54) is 0 Å². The first-order chi connectivity index (χ1) is 13.7. The van der Waals surface area contributed by atoms with Crippen LogP contribution in [0.2, 0.25) is 0 Å². The van der Waals surface area contributed by atoms with Gasteiger partial charge in [-0.3, -0.25) is 14.8 Å². The number of carbonyl (C=O) groups excluding carboxylic acids is 1. The summed E-state index contributed by atoms with van der Waals surface area (Å²) in [7, 11) is 1.84. The zero-order valence-electron chi connectivity index (χ0n) is 15.7. The molecule has 1 saturated heterocycles. The van der Waals surface area contributed by atoms with Gasteiger partial charge >= 0.3 is 0 Å². The summed E-state index contributed by atoms with van der Waals surface area (Å²) in [5.74, 6) is 1.53. The first-order valence-electron chi connectivity index (χ1n) is 9.42. The molecule has 1 aliphatic heterocycles. The molecule has 0 aromatic carbocycles. The lowest BCUT2D eigenvalue weighted by Crippen LogP contribution is -2.39. The number of pyridine rings is 2. The Labute approximate surface area is 163 Å². The maximum atomic E-state index is 12.8. The smallest absolute Gasteiger partial charge is 0.272 e. The van der Waals surface area contributed by atoms with Crippen molar-refractivity contribution in [2.75, 3.05) is 25.5 Å². The highest BCUT2D eigenvalue weighted by molar-refractivity contribution is 5.92. The number of piperidine rings is 1. The van der Waals surface area contributed by atoms with Gasteiger partial charge in [0.25, 0.3) is 5.91 Å². The Hall–Kier alpha value is -3.35. The minimum atomic E-state index is -0.0271. The number of likely N-dealkylation sites (tertiary alicyclic amines) is 1. The molecule has 0 saturated carbocycles. The van der Waals surface area contributed by atoms with Crippen molar-refractivity contribution < 1.29 is 4.79 Å². The molecular weight excluding hydrogens is 352 g/mol. The topological polar surface area (TPSA) is 83.9 Å². The van der Waals surface area contributed by atoms with Gasteiger partial charge in [-0.25, -0.2) is 9.97 Å². The van der Waals surface area contributed by atoms with Gasteiger partial charge in [-0.1, -0.05) is 6.07 Å². The third-order valence-corrected chi connectivity index (χ3v) is 4.93. The molecule has 4 rings (SSSR count). The molecule has 0 radical (unpaired) electrons. The predicted molar refractivity (Wildman–Crippen MR) is 107 cm³/mol. The summed E-state index contributed by atoms with van der Waals surface area (Å²) in [6, 6.07) is 11.2. The highest BCUT2D eigenvalue weighted by atomic mass is 16.2. The van der Waals surface area contributed by atoms with Gasteiger partial charge in [0.1, 0.15) is 11.5 Å². The summed E-state index contributed by atoms with van der Waals surface area (Å²) in [5.41, 5.74) is 2.30. The molecule has 28 heavy (non-hydrogen) atoms. The van der Waals surface area contributed by atoms with Gasteiger partial charge in [0.15, 0.2) is 5.82 Å². The Kier molecular flexibility index (Phi) is 5.23. The van der Waals surface area contributed by atoms with Crippen LogP contribution >= 0.6 is 0 Å². The van der Waals surface area contributed by atoms with Crippen molar-refractivity contribution in [3.05, 3.63) is 66.4 Å². The van der Waals surface area contributed by atoms with Crippen LogP contribution in [0.1, 0.15) is 34.9 Å². The second-order valence-corrected chi connectivity index (χ2v) is 6.80. The standard InChI is InChI=1S/C21H22N6O/c1-22-19-12-18(25-20(26-19)15-6-4-9-23-13-15)16-7-5-11-27(14-16)21(28)17-8-2-3-10-24-17/h2-4,6,8-10,12-13,16H,5,7,11,14H2,1H3,(H,22,25,26). The molecule has 1 aliphatic rings. The van der Waals surface area contributed by atoms with Crippen LogP contribution in [0.25, 0.3) is 11.4 Å². The molecular formula is C21H22N6O. The average molecular weight is 374 g/mol. The summed E-state index contributed by atoms with van der Waals surface area (Å²) in [5, 5.41) is 3.11. The van der Waals surface area contributed by atoms with E-state index in [9.17, 15) is 4.79 Å². The van der Waals surface area contributed by atoms with E-state index in [0.29, 0.717) is 18.1 Å². The Morgan fingerprint density at radius 1 is 1.18 bits per heavy atom. The zero-order valence-corrected chi connectivity index (χ0v) is 15.7. The third-order valence-electron chi connectivity index (χ3n) is 4.93. The number of nitrogens with one attached hydrogen (secondary N) is 1. The van der Waals surface area contributed by atoms with Crippen molar-refractivity contribution in [2.45, 2.75) is 18.8 Å². The molecule has 7 nitrogen and oxygen atoms in total. The summed E-state index contributed by atoms with van der Waals surface area (Å²) < 4.78 is 0. The summed E-state index contributed by atoms with van der Waals surface area (Å²) in [6.45, 7) is 1.37. The predicted octanol–water partition coefficient (Wildman–Crippen LogP) is 3.00. The highest BCUT2D eigenvalue weighted by Crippen LogP contribution is 2.29. The van der Waals surface area contributed by atoms with Crippen molar-refractivity contribution in [3.8, 4) is 11.4 Å². The van der Waals surface area contributed by atoms with Crippen molar-refractivity contribution in [2.24, 2.45) is 0 Å². The van der Waals surface area contributed by atoms with Gasteiger partial charge in [0.05, 0.1) is 5.69 Å². The molecule has 3 aromatic heterocycles. The van der Waals surface area contributed by atoms with Crippen LogP contribution in [0, 0.1) is 0 Å². The summed E-state index contributed by atoms with van der Waals surface area (Å²) in [6.07, 6.45) is 7.06. The molecule has 1 N–H and O–H groups in total. The second kappa shape index (κ2) is 8.12. The first-order valence-corrected chi connectivity index (χ1v) is 9.42. The monoisotopic (exact) mass is 374 g/mol. The van der Waals surface area contributed by atoms with Crippen LogP contribution in [0.3, 0.4) is 0 Å². The third kappa shape index (κ3) is 3.83. The Morgan fingerprint density at radius 2 is 2.11 bits per heavy atom. The van der Waals surface area contributed by atoms with E-state index >= 15 is 0 Å². The van der Waals surface area contributed by atoms with Gasteiger partial charge in [-0.15, -0.1) is 0 Å². The first kappa shape index (κ1) is 18.0. The van der Waals surface area contributed by atoms with Crippen molar-refractivity contribution in [3.63, 3.8) is 0 Å². The number of hydrogen-bond donors (Lipinski definition) is 1. The van der Waals surface area contributed by atoms with Crippen LogP contribution in [0.4, 0.5) is 5.82 Å². The Morgan fingerprint density at radius 3 is 2.86 bits per heavy atom. The number of hydrogen-bond acceptors (Lipinski definition) is 6. The minimum Gasteiger partial charge on any atom is -0.373 e. The lowest BCUT2D eigenvalue weighted by atomic mass is 9.94. The highest BCUT2D eigenvalue weighted by Gasteiger charge is 2.27. The van der Waals surface area contributed by atoms with Crippen molar-refractivity contribution >= 4 is 11.7 Å². The number of carbonyl (C=O) groups is 1. The van der Waals surface area contributed by atoms with Crippen LogP contribution in [-0.4, -0.2) is 50.9 Å². The quantitative estimate of drug-likeness (QED) is 0.756. The van der Waals surface area contributed by atoms with Crippen LogP contribution in [-0.2, 0) is 0 Å². The summed E-state index contributed by atoms with van der Waals surface area (Å²) >= 11 is 0. The normalized spacial score (nSPS) is 16.6. The van der Waals surface area contributed by atoms with Gasteiger partial charge in [-0.05, 0) is 37.1 Å². The number of anilines is 1. The van der Waals surface area contributed by atoms with Crippen molar-refractivity contribution in [1.29, 1.82) is 0 Å². The van der Waals surface area contributed by atoms with E-state index in [2.05, 4.69) is 20.3 Å². The van der Waals surface area contributed by atoms with E-state index in [1.54, 1.807) is 24.7 Å². The largest absolute Gasteiger partial charge is 0.373 e. The van der Waals surface area contributed by atoms with E-state index in [-0.39, 0.29) is 11.8 Å². The van der Waals surface area contributed by atoms with Gasteiger partial charge in [-0.2, -0.15) is 0 Å². The molecule has 1 fully saturated rings. The van der Waals surface area contributed by atoms with Gasteiger partial charge in [0.2, 0.25) is 0 Å². The average Bonchev–Trinajstić information content (AvgIpc) is 2.79. The zero-order chi connectivity index (χ0) is 19.3. The molecule has 1 unspecified atom stereocenters. The van der Waals surface area contributed by atoms with Crippen molar-refractivity contribution in [1.82, 2.24) is 24.8 Å². The van der Waals surface area contributed by atoms with Crippen LogP contribution in [0.5, 0.6) is 0 Å². The molecule has 1 amide bonds. The molecule has 4 heterocycles. The maximum Gasteiger partial charge on any atom is 0.272 e. The Balaban J connectivity index is 1.60. The molecule has 0 bridgehead atoms. The number of rotatable bonds is 4. The minimum absolute atomic E-state index is 0.0271.